The SMILES string of the molecule is CC(C)NCCC(=O)N1CCC(C(N)=O)C1. The molecule has 0 radical (unpaired) electrons. The van der Waals surface area contributed by atoms with Crippen molar-refractivity contribution in [1.82, 2.24) is 10.2 Å². The van der Waals surface area contributed by atoms with E-state index in [1.54, 1.807) is 4.90 Å². The van der Waals surface area contributed by atoms with E-state index in [1.807, 2.05) is 13.8 Å². The van der Waals surface area contributed by atoms with Gasteiger partial charge in [0.15, 0.2) is 0 Å². The zero-order valence-electron chi connectivity index (χ0n) is 10.0. The van der Waals surface area contributed by atoms with Crippen LogP contribution in [0.25, 0.3) is 0 Å². The number of carbonyl (C=O) groups is 2. The van der Waals surface area contributed by atoms with E-state index >= 15 is 0 Å². The average Bonchev–Trinajstić information content (AvgIpc) is 2.65. The van der Waals surface area contributed by atoms with Crippen LogP contribution >= 0.6 is 0 Å². The van der Waals surface area contributed by atoms with Gasteiger partial charge in [0.25, 0.3) is 0 Å². The number of nitrogens with one attached hydrogen (secondary N) is 1. The molecule has 1 aliphatic rings. The first-order chi connectivity index (χ1) is 7.50. The number of nitrogens with zero attached hydrogens (tertiary/aromatic N) is 1. The minimum Gasteiger partial charge on any atom is -0.369 e. The van der Waals surface area contributed by atoms with Crippen LogP contribution in [0.2, 0.25) is 0 Å². The quantitative estimate of drug-likeness (QED) is 0.677. The molecule has 16 heavy (non-hydrogen) atoms. The zero-order chi connectivity index (χ0) is 12.1. The Hall–Kier alpha value is -1.10. The Kier molecular flexibility index (Phi) is 4.73. The van der Waals surface area contributed by atoms with Crippen molar-refractivity contribution in [2.45, 2.75) is 32.7 Å². The maximum Gasteiger partial charge on any atom is 0.223 e. The maximum absolute atomic E-state index is 11.7. The first-order valence-corrected chi connectivity index (χ1v) is 5.81. The van der Waals surface area contributed by atoms with Gasteiger partial charge in [0.1, 0.15) is 0 Å². The van der Waals surface area contributed by atoms with E-state index in [-0.39, 0.29) is 17.7 Å². The van der Waals surface area contributed by atoms with Crippen LogP contribution < -0.4 is 11.1 Å². The molecular formula is C11H21N3O2. The van der Waals surface area contributed by atoms with Crippen molar-refractivity contribution in [3.05, 3.63) is 0 Å². The van der Waals surface area contributed by atoms with Gasteiger partial charge in [-0.05, 0) is 6.42 Å². The lowest BCUT2D eigenvalue weighted by atomic mass is 10.1. The summed E-state index contributed by atoms with van der Waals surface area (Å²) in [5, 5.41) is 3.19. The van der Waals surface area contributed by atoms with Crippen molar-refractivity contribution in [2.24, 2.45) is 11.7 Å². The highest BCUT2D eigenvalue weighted by molar-refractivity contribution is 5.81. The van der Waals surface area contributed by atoms with Gasteiger partial charge in [-0.2, -0.15) is 0 Å². The third-order valence-electron chi connectivity index (χ3n) is 2.83. The van der Waals surface area contributed by atoms with Crippen molar-refractivity contribution < 1.29 is 9.59 Å². The molecule has 0 spiro atoms. The number of likely N-dealkylation sites (tertiary alicyclic amines) is 1. The van der Waals surface area contributed by atoms with Gasteiger partial charge in [0, 0.05) is 32.1 Å². The topological polar surface area (TPSA) is 75.4 Å². The fourth-order valence-electron chi connectivity index (χ4n) is 1.84. The maximum atomic E-state index is 11.7. The van der Waals surface area contributed by atoms with E-state index in [4.69, 9.17) is 5.73 Å². The molecule has 1 rings (SSSR count). The van der Waals surface area contributed by atoms with E-state index in [0.29, 0.717) is 38.5 Å². The number of amides is 2. The molecule has 1 heterocycles. The van der Waals surface area contributed by atoms with Gasteiger partial charge in [-0.3, -0.25) is 9.59 Å². The minimum atomic E-state index is -0.296. The van der Waals surface area contributed by atoms with E-state index in [1.165, 1.54) is 0 Å². The monoisotopic (exact) mass is 227 g/mol. The molecular weight excluding hydrogens is 206 g/mol. The van der Waals surface area contributed by atoms with Crippen LogP contribution in [0, 0.1) is 5.92 Å². The second-order valence-electron chi connectivity index (χ2n) is 4.59. The number of carbonyl (C=O) groups excluding carboxylic acids is 2. The molecule has 1 fully saturated rings. The van der Waals surface area contributed by atoms with Crippen LogP contribution in [0.3, 0.4) is 0 Å². The van der Waals surface area contributed by atoms with Crippen LogP contribution in [0.1, 0.15) is 26.7 Å². The second-order valence-corrected chi connectivity index (χ2v) is 4.59. The first kappa shape index (κ1) is 13.0. The highest BCUT2D eigenvalue weighted by Gasteiger charge is 2.29. The van der Waals surface area contributed by atoms with Crippen molar-refractivity contribution in [3.63, 3.8) is 0 Å². The second kappa shape index (κ2) is 5.84. The summed E-state index contributed by atoms with van der Waals surface area (Å²) < 4.78 is 0. The fourth-order valence-corrected chi connectivity index (χ4v) is 1.84. The third kappa shape index (κ3) is 3.81. The molecule has 2 amide bonds. The molecule has 5 nitrogen and oxygen atoms in total. The van der Waals surface area contributed by atoms with Crippen LogP contribution in [0.5, 0.6) is 0 Å². The summed E-state index contributed by atoms with van der Waals surface area (Å²) >= 11 is 0. The number of hydrogen-bond donors (Lipinski definition) is 2. The van der Waals surface area contributed by atoms with E-state index in [2.05, 4.69) is 5.32 Å². The van der Waals surface area contributed by atoms with Crippen LogP contribution in [0.15, 0.2) is 0 Å². The van der Waals surface area contributed by atoms with Crippen molar-refractivity contribution in [2.75, 3.05) is 19.6 Å². The molecule has 92 valence electrons. The van der Waals surface area contributed by atoms with E-state index in [9.17, 15) is 9.59 Å². The third-order valence-corrected chi connectivity index (χ3v) is 2.83. The number of hydrogen-bond acceptors (Lipinski definition) is 3. The van der Waals surface area contributed by atoms with Crippen molar-refractivity contribution in [3.8, 4) is 0 Å². The lowest BCUT2D eigenvalue weighted by Crippen LogP contribution is -2.34. The van der Waals surface area contributed by atoms with E-state index < -0.39 is 0 Å². The first-order valence-electron chi connectivity index (χ1n) is 5.81. The molecule has 1 unspecified atom stereocenters. The summed E-state index contributed by atoms with van der Waals surface area (Å²) in [6.07, 6.45) is 1.20. The molecule has 0 aliphatic carbocycles. The summed E-state index contributed by atoms with van der Waals surface area (Å²) in [4.78, 5) is 24.4. The van der Waals surface area contributed by atoms with Gasteiger partial charge in [-0.1, -0.05) is 13.8 Å². The van der Waals surface area contributed by atoms with Gasteiger partial charge in [-0.25, -0.2) is 0 Å². The Morgan fingerprint density at radius 3 is 2.69 bits per heavy atom. The Labute approximate surface area is 96.4 Å². The molecule has 0 bridgehead atoms. The lowest BCUT2D eigenvalue weighted by Gasteiger charge is -2.16. The largest absolute Gasteiger partial charge is 0.369 e. The predicted molar refractivity (Wildman–Crippen MR) is 61.6 cm³/mol. The predicted octanol–water partition coefficient (Wildman–Crippen LogP) is -0.292. The summed E-state index contributed by atoms with van der Waals surface area (Å²) in [7, 11) is 0. The van der Waals surface area contributed by atoms with Crippen LogP contribution in [-0.4, -0.2) is 42.4 Å². The van der Waals surface area contributed by atoms with E-state index in [0.717, 1.165) is 0 Å². The Morgan fingerprint density at radius 1 is 1.50 bits per heavy atom. The summed E-state index contributed by atoms with van der Waals surface area (Å²) in [5.41, 5.74) is 5.21. The molecule has 1 atom stereocenters. The summed E-state index contributed by atoms with van der Waals surface area (Å²) in [5.74, 6) is -0.338. The number of primary amides is 1. The molecule has 5 heteroatoms. The number of nitrogens with two attached hydrogens (primary N) is 1. The molecule has 0 saturated carbocycles. The normalized spacial score (nSPS) is 20.4. The average molecular weight is 227 g/mol. The molecule has 0 aromatic rings. The molecule has 1 saturated heterocycles. The van der Waals surface area contributed by atoms with Crippen LogP contribution in [-0.2, 0) is 9.59 Å². The summed E-state index contributed by atoms with van der Waals surface area (Å²) in [6.45, 7) is 5.94. The Morgan fingerprint density at radius 2 is 2.19 bits per heavy atom. The fraction of sp³-hybridized carbons (Fsp3) is 0.818. The van der Waals surface area contributed by atoms with Crippen molar-refractivity contribution in [1.29, 1.82) is 0 Å². The lowest BCUT2D eigenvalue weighted by molar-refractivity contribution is -0.130. The van der Waals surface area contributed by atoms with Gasteiger partial charge in [0.05, 0.1) is 5.92 Å². The standard InChI is InChI=1S/C11H21N3O2/c1-8(2)13-5-3-10(15)14-6-4-9(7-14)11(12)16/h8-9,13H,3-7H2,1-2H3,(H2,12,16). The zero-order valence-corrected chi connectivity index (χ0v) is 10.0. The minimum absolute atomic E-state index is 0.108. The van der Waals surface area contributed by atoms with Gasteiger partial charge in [-0.15, -0.1) is 0 Å². The Bertz CT molecular complexity index is 266. The molecule has 3 N–H and O–H groups in total. The molecule has 0 aromatic heterocycles. The molecule has 1 aliphatic heterocycles. The molecule has 0 aromatic carbocycles. The van der Waals surface area contributed by atoms with Gasteiger partial charge < -0.3 is 16.0 Å². The van der Waals surface area contributed by atoms with Crippen molar-refractivity contribution >= 4 is 11.8 Å². The Balaban J connectivity index is 2.26. The highest BCUT2D eigenvalue weighted by Crippen LogP contribution is 2.16. The summed E-state index contributed by atoms with van der Waals surface area (Å²) in [6, 6.07) is 0.393. The highest BCUT2D eigenvalue weighted by atomic mass is 16.2. The smallest absolute Gasteiger partial charge is 0.223 e. The van der Waals surface area contributed by atoms with Gasteiger partial charge in [0.2, 0.25) is 11.8 Å². The number of rotatable bonds is 5. The van der Waals surface area contributed by atoms with Crippen LogP contribution in [0.4, 0.5) is 0 Å². The van der Waals surface area contributed by atoms with Gasteiger partial charge >= 0.3 is 0 Å².